The van der Waals surface area contributed by atoms with Gasteiger partial charge in [-0.05, 0) is 31.4 Å². The molecule has 1 unspecified atom stereocenters. The van der Waals surface area contributed by atoms with E-state index in [-0.39, 0.29) is 17.5 Å². The predicted molar refractivity (Wildman–Crippen MR) is 61.4 cm³/mol. The molecule has 1 aliphatic rings. The number of anilines is 1. The zero-order chi connectivity index (χ0) is 13.1. The summed E-state index contributed by atoms with van der Waals surface area (Å²) in [5, 5.41) is 2.29. The van der Waals surface area contributed by atoms with Gasteiger partial charge in [-0.2, -0.15) is 0 Å². The number of benzene rings is 1. The lowest BCUT2D eigenvalue weighted by Crippen LogP contribution is -2.24. The van der Waals surface area contributed by atoms with E-state index < -0.39 is 17.5 Å². The van der Waals surface area contributed by atoms with Gasteiger partial charge in [0.2, 0.25) is 5.91 Å². The van der Waals surface area contributed by atoms with Gasteiger partial charge in [0.25, 0.3) is 0 Å². The van der Waals surface area contributed by atoms with Gasteiger partial charge in [0.15, 0.2) is 17.5 Å². The SMILES string of the molecule is O=C(Nc1ccc(F)c(F)c1F)C1CC=CCC1. The van der Waals surface area contributed by atoms with Crippen LogP contribution in [0.3, 0.4) is 0 Å². The van der Waals surface area contributed by atoms with Crippen molar-refractivity contribution in [2.45, 2.75) is 19.3 Å². The Morgan fingerprint density at radius 2 is 1.94 bits per heavy atom. The third-order valence-electron chi connectivity index (χ3n) is 2.93. The third-order valence-corrected chi connectivity index (χ3v) is 2.93. The highest BCUT2D eigenvalue weighted by atomic mass is 19.2. The van der Waals surface area contributed by atoms with Crippen LogP contribution in [0.2, 0.25) is 0 Å². The van der Waals surface area contributed by atoms with Crippen LogP contribution in [0.4, 0.5) is 18.9 Å². The number of hydrogen-bond donors (Lipinski definition) is 1. The summed E-state index contributed by atoms with van der Waals surface area (Å²) < 4.78 is 39.0. The summed E-state index contributed by atoms with van der Waals surface area (Å²) in [5.41, 5.74) is -0.326. The molecule has 1 amide bonds. The Morgan fingerprint density at radius 1 is 1.17 bits per heavy atom. The van der Waals surface area contributed by atoms with Crippen molar-refractivity contribution in [2.75, 3.05) is 5.32 Å². The lowest BCUT2D eigenvalue weighted by molar-refractivity contribution is -0.120. The molecule has 96 valence electrons. The third kappa shape index (κ3) is 2.55. The zero-order valence-electron chi connectivity index (χ0n) is 9.55. The average molecular weight is 255 g/mol. The molecule has 5 heteroatoms. The van der Waals surface area contributed by atoms with Crippen LogP contribution in [-0.4, -0.2) is 5.91 Å². The summed E-state index contributed by atoms with van der Waals surface area (Å²) in [4.78, 5) is 11.8. The molecule has 2 nitrogen and oxygen atoms in total. The average Bonchev–Trinajstić information content (AvgIpc) is 2.40. The van der Waals surface area contributed by atoms with E-state index in [0.29, 0.717) is 12.8 Å². The second-order valence-electron chi connectivity index (χ2n) is 4.19. The van der Waals surface area contributed by atoms with Gasteiger partial charge in [-0.15, -0.1) is 0 Å². The normalized spacial score (nSPS) is 18.7. The van der Waals surface area contributed by atoms with E-state index >= 15 is 0 Å². The molecule has 2 rings (SSSR count). The first kappa shape index (κ1) is 12.7. The molecule has 0 radical (unpaired) electrons. The van der Waals surface area contributed by atoms with E-state index in [9.17, 15) is 18.0 Å². The Bertz CT molecular complexity index is 499. The molecular formula is C13H12F3NO. The Morgan fingerprint density at radius 3 is 2.61 bits per heavy atom. The Hall–Kier alpha value is -1.78. The molecule has 0 heterocycles. The molecule has 1 N–H and O–H groups in total. The molecule has 1 aromatic rings. The number of halogens is 3. The monoisotopic (exact) mass is 255 g/mol. The Labute approximate surface area is 102 Å². The minimum Gasteiger partial charge on any atom is -0.323 e. The maximum Gasteiger partial charge on any atom is 0.227 e. The van der Waals surface area contributed by atoms with Gasteiger partial charge >= 0.3 is 0 Å². The van der Waals surface area contributed by atoms with E-state index in [2.05, 4.69) is 5.32 Å². The van der Waals surface area contributed by atoms with E-state index in [0.717, 1.165) is 18.6 Å². The number of carbonyl (C=O) groups is 1. The smallest absolute Gasteiger partial charge is 0.227 e. The van der Waals surface area contributed by atoms with Crippen molar-refractivity contribution in [1.82, 2.24) is 0 Å². The van der Waals surface area contributed by atoms with Gasteiger partial charge in [-0.25, -0.2) is 13.2 Å². The van der Waals surface area contributed by atoms with Crippen molar-refractivity contribution in [3.05, 3.63) is 41.7 Å². The molecule has 0 saturated carbocycles. The van der Waals surface area contributed by atoms with E-state index in [1.54, 1.807) is 0 Å². The molecule has 0 aromatic heterocycles. The Kier molecular flexibility index (Phi) is 3.69. The maximum atomic E-state index is 13.3. The number of nitrogens with one attached hydrogen (secondary N) is 1. The quantitative estimate of drug-likeness (QED) is 0.637. The summed E-state index contributed by atoms with van der Waals surface area (Å²) >= 11 is 0. The standard InChI is InChI=1S/C13H12F3NO/c14-9-6-7-10(12(16)11(9)15)17-13(18)8-4-2-1-3-5-8/h1-2,6-8H,3-5H2,(H,17,18). The molecule has 1 atom stereocenters. The maximum absolute atomic E-state index is 13.3. The number of allylic oxidation sites excluding steroid dienone is 2. The first-order chi connectivity index (χ1) is 8.59. The summed E-state index contributed by atoms with van der Waals surface area (Å²) in [6.07, 6.45) is 5.90. The number of rotatable bonds is 2. The van der Waals surface area contributed by atoms with Crippen molar-refractivity contribution in [3.63, 3.8) is 0 Å². The van der Waals surface area contributed by atoms with E-state index in [1.807, 2.05) is 12.2 Å². The molecule has 1 aromatic carbocycles. The van der Waals surface area contributed by atoms with Crippen molar-refractivity contribution < 1.29 is 18.0 Å². The molecule has 0 bridgehead atoms. The summed E-state index contributed by atoms with van der Waals surface area (Å²) in [5.74, 6) is -4.83. The minimum atomic E-state index is -1.57. The van der Waals surface area contributed by atoms with Gasteiger partial charge < -0.3 is 5.32 Å². The Balaban J connectivity index is 2.12. The lowest BCUT2D eigenvalue weighted by atomic mass is 9.93. The van der Waals surface area contributed by atoms with Gasteiger partial charge in [0.1, 0.15) is 0 Å². The molecule has 1 aliphatic carbocycles. The van der Waals surface area contributed by atoms with Crippen LogP contribution in [0.5, 0.6) is 0 Å². The van der Waals surface area contributed by atoms with Gasteiger partial charge in [0.05, 0.1) is 5.69 Å². The summed E-state index contributed by atoms with van der Waals surface area (Å²) in [6, 6.07) is 1.80. The van der Waals surface area contributed by atoms with Crippen LogP contribution >= 0.6 is 0 Å². The molecule has 0 saturated heterocycles. The van der Waals surface area contributed by atoms with Gasteiger partial charge in [-0.1, -0.05) is 12.2 Å². The number of carbonyl (C=O) groups excluding carboxylic acids is 1. The van der Waals surface area contributed by atoms with E-state index in [4.69, 9.17) is 0 Å². The van der Waals surface area contributed by atoms with Gasteiger partial charge in [0, 0.05) is 5.92 Å². The highest BCUT2D eigenvalue weighted by molar-refractivity contribution is 5.92. The van der Waals surface area contributed by atoms with Crippen LogP contribution in [-0.2, 0) is 4.79 Å². The van der Waals surface area contributed by atoms with Crippen LogP contribution in [0.1, 0.15) is 19.3 Å². The first-order valence-electron chi connectivity index (χ1n) is 5.69. The second-order valence-corrected chi connectivity index (χ2v) is 4.19. The van der Waals surface area contributed by atoms with Crippen LogP contribution in [0.15, 0.2) is 24.3 Å². The molecule has 18 heavy (non-hydrogen) atoms. The van der Waals surface area contributed by atoms with Crippen molar-refractivity contribution >= 4 is 11.6 Å². The predicted octanol–water partition coefficient (Wildman–Crippen LogP) is 3.40. The number of amides is 1. The zero-order valence-corrected chi connectivity index (χ0v) is 9.55. The molecule has 0 aliphatic heterocycles. The first-order valence-corrected chi connectivity index (χ1v) is 5.69. The lowest BCUT2D eigenvalue weighted by Gasteiger charge is -2.17. The summed E-state index contributed by atoms with van der Waals surface area (Å²) in [6.45, 7) is 0. The van der Waals surface area contributed by atoms with Crippen molar-refractivity contribution in [3.8, 4) is 0 Å². The molecule has 0 fully saturated rings. The second kappa shape index (κ2) is 5.25. The number of hydrogen-bond acceptors (Lipinski definition) is 1. The summed E-state index contributed by atoms with van der Waals surface area (Å²) in [7, 11) is 0. The van der Waals surface area contributed by atoms with Crippen molar-refractivity contribution in [2.24, 2.45) is 5.92 Å². The van der Waals surface area contributed by atoms with E-state index in [1.165, 1.54) is 0 Å². The largest absolute Gasteiger partial charge is 0.323 e. The topological polar surface area (TPSA) is 29.1 Å². The van der Waals surface area contributed by atoms with Gasteiger partial charge in [-0.3, -0.25) is 4.79 Å². The molecular weight excluding hydrogens is 243 g/mol. The molecule has 0 spiro atoms. The fourth-order valence-corrected chi connectivity index (χ4v) is 1.89. The van der Waals surface area contributed by atoms with Crippen LogP contribution in [0.25, 0.3) is 0 Å². The van der Waals surface area contributed by atoms with Crippen LogP contribution < -0.4 is 5.32 Å². The highest BCUT2D eigenvalue weighted by Gasteiger charge is 2.21. The van der Waals surface area contributed by atoms with Crippen molar-refractivity contribution in [1.29, 1.82) is 0 Å². The minimum absolute atomic E-state index is 0.248. The fraction of sp³-hybridized carbons (Fsp3) is 0.308. The fourth-order valence-electron chi connectivity index (χ4n) is 1.89. The van der Waals surface area contributed by atoms with Crippen LogP contribution in [0, 0.1) is 23.4 Å². The highest BCUT2D eigenvalue weighted by Crippen LogP contribution is 2.23.